The van der Waals surface area contributed by atoms with Crippen molar-refractivity contribution in [2.24, 2.45) is 5.73 Å². The molecule has 0 saturated carbocycles. The number of hydrogen-bond donors (Lipinski definition) is 2. The van der Waals surface area contributed by atoms with Crippen LogP contribution < -0.4 is 11.1 Å². The standard InChI is InChI=1S/C14H20N2O2/c15-7-6-11-3-1-4-12(9-11)14(17)16-13-5-2-8-18-10-13/h1,3-4,9,13H,2,5-8,10,15H2,(H,16,17). The summed E-state index contributed by atoms with van der Waals surface area (Å²) in [6, 6.07) is 7.78. The first kappa shape index (κ1) is 13.1. The average Bonchev–Trinajstić information content (AvgIpc) is 2.40. The minimum atomic E-state index is -0.0237. The lowest BCUT2D eigenvalue weighted by molar-refractivity contribution is 0.0624. The summed E-state index contributed by atoms with van der Waals surface area (Å²) >= 11 is 0. The maximum Gasteiger partial charge on any atom is 0.251 e. The van der Waals surface area contributed by atoms with Gasteiger partial charge in [-0.15, -0.1) is 0 Å². The molecule has 1 atom stereocenters. The molecule has 4 nitrogen and oxygen atoms in total. The summed E-state index contributed by atoms with van der Waals surface area (Å²) in [6.45, 7) is 2.02. The van der Waals surface area contributed by atoms with Crippen LogP contribution >= 0.6 is 0 Å². The number of hydrogen-bond acceptors (Lipinski definition) is 3. The fraction of sp³-hybridized carbons (Fsp3) is 0.500. The van der Waals surface area contributed by atoms with Gasteiger partial charge in [-0.3, -0.25) is 4.79 Å². The van der Waals surface area contributed by atoms with Crippen molar-refractivity contribution in [2.75, 3.05) is 19.8 Å². The van der Waals surface area contributed by atoms with Gasteiger partial charge in [-0.25, -0.2) is 0 Å². The van der Waals surface area contributed by atoms with Crippen molar-refractivity contribution in [3.63, 3.8) is 0 Å². The topological polar surface area (TPSA) is 64.4 Å². The lowest BCUT2D eigenvalue weighted by atomic mass is 10.1. The van der Waals surface area contributed by atoms with E-state index in [9.17, 15) is 4.79 Å². The normalized spacial score (nSPS) is 19.5. The third-order valence-electron chi connectivity index (χ3n) is 3.12. The molecule has 1 fully saturated rings. The summed E-state index contributed by atoms with van der Waals surface area (Å²) in [5, 5.41) is 3.01. The van der Waals surface area contributed by atoms with E-state index in [4.69, 9.17) is 10.5 Å². The van der Waals surface area contributed by atoms with Gasteiger partial charge in [0.15, 0.2) is 0 Å². The molecule has 18 heavy (non-hydrogen) atoms. The molecule has 0 aliphatic carbocycles. The van der Waals surface area contributed by atoms with Crippen molar-refractivity contribution in [1.29, 1.82) is 0 Å². The fourth-order valence-electron chi connectivity index (χ4n) is 2.16. The molecule has 0 spiro atoms. The summed E-state index contributed by atoms with van der Waals surface area (Å²) in [4.78, 5) is 12.1. The molecular formula is C14H20N2O2. The first-order valence-corrected chi connectivity index (χ1v) is 6.47. The molecule has 1 aromatic rings. The number of nitrogens with two attached hydrogens (primary N) is 1. The third kappa shape index (κ3) is 3.55. The van der Waals surface area contributed by atoms with Crippen molar-refractivity contribution in [3.05, 3.63) is 35.4 Å². The Hall–Kier alpha value is -1.39. The van der Waals surface area contributed by atoms with Crippen molar-refractivity contribution in [1.82, 2.24) is 5.32 Å². The predicted molar refractivity (Wildman–Crippen MR) is 70.5 cm³/mol. The Morgan fingerprint density at radius 1 is 1.50 bits per heavy atom. The van der Waals surface area contributed by atoms with Crippen LogP contribution in [0.3, 0.4) is 0 Å². The van der Waals surface area contributed by atoms with E-state index in [1.807, 2.05) is 24.3 Å². The van der Waals surface area contributed by atoms with Gasteiger partial charge < -0.3 is 15.8 Å². The number of amides is 1. The van der Waals surface area contributed by atoms with Crippen LogP contribution in [0.4, 0.5) is 0 Å². The Kier molecular flexibility index (Phi) is 4.73. The quantitative estimate of drug-likeness (QED) is 0.838. The van der Waals surface area contributed by atoms with Gasteiger partial charge >= 0.3 is 0 Å². The van der Waals surface area contributed by atoms with Gasteiger partial charge in [0.25, 0.3) is 5.91 Å². The highest BCUT2D eigenvalue weighted by Gasteiger charge is 2.17. The van der Waals surface area contributed by atoms with E-state index in [2.05, 4.69) is 5.32 Å². The van der Waals surface area contributed by atoms with Crippen LogP contribution in [0.5, 0.6) is 0 Å². The second-order valence-corrected chi connectivity index (χ2v) is 4.63. The maximum atomic E-state index is 12.1. The molecule has 2 rings (SSSR count). The Morgan fingerprint density at radius 2 is 2.39 bits per heavy atom. The zero-order valence-electron chi connectivity index (χ0n) is 10.5. The maximum absolute atomic E-state index is 12.1. The van der Waals surface area contributed by atoms with Crippen LogP contribution in [0.25, 0.3) is 0 Å². The highest BCUT2D eigenvalue weighted by molar-refractivity contribution is 5.94. The predicted octanol–water partition coefficient (Wildman–Crippen LogP) is 1.10. The van der Waals surface area contributed by atoms with Gasteiger partial charge in [0.2, 0.25) is 0 Å². The van der Waals surface area contributed by atoms with Crippen molar-refractivity contribution >= 4 is 5.91 Å². The Bertz CT molecular complexity index is 401. The smallest absolute Gasteiger partial charge is 0.251 e. The van der Waals surface area contributed by atoms with Gasteiger partial charge in [0.05, 0.1) is 12.6 Å². The largest absolute Gasteiger partial charge is 0.379 e. The molecule has 1 amide bonds. The number of nitrogens with one attached hydrogen (secondary N) is 1. The number of rotatable bonds is 4. The molecule has 1 saturated heterocycles. The van der Waals surface area contributed by atoms with Crippen LogP contribution in [-0.2, 0) is 11.2 Å². The molecule has 0 aromatic heterocycles. The van der Waals surface area contributed by atoms with Gasteiger partial charge in [0.1, 0.15) is 0 Å². The lowest BCUT2D eigenvalue weighted by Crippen LogP contribution is -2.40. The summed E-state index contributed by atoms with van der Waals surface area (Å²) in [5.74, 6) is -0.0237. The summed E-state index contributed by atoms with van der Waals surface area (Å²) in [6.07, 6.45) is 2.81. The summed E-state index contributed by atoms with van der Waals surface area (Å²) in [5.41, 5.74) is 7.32. The second-order valence-electron chi connectivity index (χ2n) is 4.63. The highest BCUT2D eigenvalue weighted by Crippen LogP contribution is 2.09. The van der Waals surface area contributed by atoms with Gasteiger partial charge in [0, 0.05) is 12.2 Å². The first-order chi connectivity index (χ1) is 8.79. The fourth-order valence-corrected chi connectivity index (χ4v) is 2.16. The van der Waals surface area contributed by atoms with Crippen LogP contribution in [0.1, 0.15) is 28.8 Å². The molecule has 1 aromatic carbocycles. The van der Waals surface area contributed by atoms with Gasteiger partial charge in [-0.1, -0.05) is 12.1 Å². The van der Waals surface area contributed by atoms with Crippen LogP contribution in [0.2, 0.25) is 0 Å². The van der Waals surface area contributed by atoms with Crippen LogP contribution in [0.15, 0.2) is 24.3 Å². The zero-order chi connectivity index (χ0) is 12.8. The van der Waals surface area contributed by atoms with E-state index in [-0.39, 0.29) is 11.9 Å². The second kappa shape index (κ2) is 6.52. The molecule has 1 heterocycles. The Labute approximate surface area is 108 Å². The van der Waals surface area contributed by atoms with E-state index < -0.39 is 0 Å². The van der Waals surface area contributed by atoms with E-state index in [0.29, 0.717) is 18.7 Å². The molecule has 0 bridgehead atoms. The highest BCUT2D eigenvalue weighted by atomic mass is 16.5. The van der Waals surface area contributed by atoms with Crippen molar-refractivity contribution in [2.45, 2.75) is 25.3 Å². The van der Waals surface area contributed by atoms with E-state index in [0.717, 1.165) is 31.4 Å². The number of carbonyl (C=O) groups excluding carboxylic acids is 1. The molecule has 0 radical (unpaired) electrons. The van der Waals surface area contributed by atoms with Crippen LogP contribution in [0, 0.1) is 0 Å². The minimum absolute atomic E-state index is 0.0237. The van der Waals surface area contributed by atoms with E-state index >= 15 is 0 Å². The van der Waals surface area contributed by atoms with Gasteiger partial charge in [-0.2, -0.15) is 0 Å². The lowest BCUT2D eigenvalue weighted by Gasteiger charge is -2.23. The van der Waals surface area contributed by atoms with Gasteiger partial charge in [-0.05, 0) is 43.5 Å². The molecule has 4 heteroatoms. The van der Waals surface area contributed by atoms with Crippen molar-refractivity contribution < 1.29 is 9.53 Å². The van der Waals surface area contributed by atoms with E-state index in [1.165, 1.54) is 0 Å². The molecule has 1 unspecified atom stereocenters. The Balaban J connectivity index is 1.96. The number of ether oxygens (including phenoxy) is 1. The zero-order valence-corrected chi connectivity index (χ0v) is 10.5. The minimum Gasteiger partial charge on any atom is -0.379 e. The third-order valence-corrected chi connectivity index (χ3v) is 3.12. The average molecular weight is 248 g/mol. The van der Waals surface area contributed by atoms with E-state index in [1.54, 1.807) is 0 Å². The van der Waals surface area contributed by atoms with Crippen LogP contribution in [-0.4, -0.2) is 31.7 Å². The SMILES string of the molecule is NCCc1cccc(C(=O)NC2CCCOC2)c1. The molecule has 1 aliphatic heterocycles. The summed E-state index contributed by atoms with van der Waals surface area (Å²) in [7, 11) is 0. The molecular weight excluding hydrogens is 228 g/mol. The Morgan fingerprint density at radius 3 is 3.11 bits per heavy atom. The first-order valence-electron chi connectivity index (χ1n) is 6.47. The molecule has 1 aliphatic rings. The molecule has 98 valence electrons. The monoisotopic (exact) mass is 248 g/mol. The van der Waals surface area contributed by atoms with Crippen molar-refractivity contribution in [3.8, 4) is 0 Å². The summed E-state index contributed by atoms with van der Waals surface area (Å²) < 4.78 is 5.35. The number of carbonyl (C=O) groups is 1. The molecule has 3 N–H and O–H groups in total. The number of benzene rings is 1.